The number of carbonyl (C=O) groups excluding carboxylic acids is 2. The summed E-state index contributed by atoms with van der Waals surface area (Å²) in [5.41, 5.74) is 3.97. The van der Waals surface area contributed by atoms with Crippen molar-refractivity contribution in [2.75, 3.05) is 18.9 Å². The van der Waals surface area contributed by atoms with Gasteiger partial charge in [-0.1, -0.05) is 29.7 Å². The highest BCUT2D eigenvalue weighted by Gasteiger charge is 2.35. The fraction of sp³-hybridized carbons (Fsp3) is 0.444. The summed E-state index contributed by atoms with van der Waals surface area (Å²) in [6.07, 6.45) is 5.53. The van der Waals surface area contributed by atoms with Crippen molar-refractivity contribution < 1.29 is 24.2 Å². The molecule has 1 aliphatic carbocycles. The minimum atomic E-state index is -0.924. The van der Waals surface area contributed by atoms with E-state index < -0.39 is 17.8 Å². The maximum absolute atomic E-state index is 12.5. The van der Waals surface area contributed by atoms with Gasteiger partial charge in [-0.3, -0.25) is 14.4 Å². The average Bonchev–Trinajstić information content (AvgIpc) is 2.94. The summed E-state index contributed by atoms with van der Waals surface area (Å²) >= 11 is 0. The topological polar surface area (TPSA) is 130 Å². The fourth-order valence-corrected chi connectivity index (χ4v) is 5.85. The normalized spacial score (nSPS) is 17.4. The molecule has 1 aliphatic rings. The molecule has 3 N–H and O–H groups in total. The molecular formula is C27H34N4O5S2. The number of rotatable bonds is 14. The molecule has 0 radical (unpaired) electrons. The van der Waals surface area contributed by atoms with Gasteiger partial charge in [0.15, 0.2) is 0 Å². The monoisotopic (exact) mass is 558 g/mol. The molecule has 11 heteroatoms. The summed E-state index contributed by atoms with van der Waals surface area (Å²) in [6, 6.07) is 13.1. The van der Waals surface area contributed by atoms with Crippen LogP contribution in [0.4, 0.5) is 0 Å². The summed E-state index contributed by atoms with van der Waals surface area (Å²) in [7, 11) is 3.25. The zero-order valence-electron chi connectivity index (χ0n) is 21.4. The smallest absolute Gasteiger partial charge is 0.307 e. The predicted molar refractivity (Wildman–Crippen MR) is 150 cm³/mol. The number of hydrogen-bond donors (Lipinski definition) is 3. The number of ether oxygens (including phenoxy) is 1. The molecule has 3 rings (SSSR count). The molecule has 38 heavy (non-hydrogen) atoms. The van der Waals surface area contributed by atoms with Crippen LogP contribution in [0.5, 0.6) is 5.75 Å². The van der Waals surface area contributed by atoms with Crippen LogP contribution in [0.2, 0.25) is 0 Å². The van der Waals surface area contributed by atoms with Crippen LogP contribution < -0.4 is 15.5 Å². The molecular weight excluding hydrogens is 524 g/mol. The van der Waals surface area contributed by atoms with Gasteiger partial charge in [-0.05, 0) is 78.9 Å². The lowest BCUT2D eigenvalue weighted by atomic mass is 9.79. The number of hydrazone groups is 1. The van der Waals surface area contributed by atoms with E-state index in [2.05, 4.69) is 20.8 Å². The molecule has 1 aromatic heterocycles. The third-order valence-corrected chi connectivity index (χ3v) is 8.40. The quantitative estimate of drug-likeness (QED) is 0.133. The second-order valence-corrected chi connectivity index (χ2v) is 11.3. The van der Waals surface area contributed by atoms with Gasteiger partial charge >= 0.3 is 5.97 Å². The van der Waals surface area contributed by atoms with Gasteiger partial charge in [0, 0.05) is 24.9 Å². The molecule has 2 aromatic rings. The van der Waals surface area contributed by atoms with Crippen molar-refractivity contribution in [2.24, 2.45) is 16.9 Å². The van der Waals surface area contributed by atoms with E-state index in [1.54, 1.807) is 34.7 Å². The highest BCUT2D eigenvalue weighted by molar-refractivity contribution is 8.76. The number of aromatic nitrogens is 1. The largest absolute Gasteiger partial charge is 0.494 e. The van der Waals surface area contributed by atoms with Gasteiger partial charge in [0.1, 0.15) is 10.8 Å². The molecule has 0 aliphatic heterocycles. The van der Waals surface area contributed by atoms with Crippen LogP contribution in [0.25, 0.3) is 0 Å². The molecule has 1 aromatic carbocycles. The minimum Gasteiger partial charge on any atom is -0.494 e. The molecule has 1 saturated carbocycles. The van der Waals surface area contributed by atoms with Gasteiger partial charge in [-0.15, -0.1) is 0 Å². The van der Waals surface area contributed by atoms with Crippen LogP contribution in [0.15, 0.2) is 58.8 Å². The number of hydrogen-bond acceptors (Lipinski definition) is 8. The third-order valence-electron chi connectivity index (χ3n) is 6.13. The average molecular weight is 559 g/mol. The van der Waals surface area contributed by atoms with Gasteiger partial charge in [0.05, 0.1) is 24.2 Å². The van der Waals surface area contributed by atoms with Crippen molar-refractivity contribution >= 4 is 45.1 Å². The number of carboxylic acids is 1. The lowest BCUT2D eigenvalue weighted by Gasteiger charge is -2.26. The van der Waals surface area contributed by atoms with E-state index in [9.17, 15) is 19.5 Å². The van der Waals surface area contributed by atoms with Crippen LogP contribution in [-0.2, 0) is 14.4 Å². The Morgan fingerprint density at radius 3 is 2.58 bits per heavy atom. The summed E-state index contributed by atoms with van der Waals surface area (Å²) in [5, 5.41) is 17.4. The molecule has 2 unspecified atom stereocenters. The van der Waals surface area contributed by atoms with Gasteiger partial charge in [0.25, 0.3) is 0 Å². The van der Waals surface area contributed by atoms with E-state index in [-0.39, 0.29) is 11.8 Å². The van der Waals surface area contributed by atoms with Crippen molar-refractivity contribution in [3.8, 4) is 5.75 Å². The number of aliphatic carboxylic acids is 1. The van der Waals surface area contributed by atoms with E-state index in [0.717, 1.165) is 29.2 Å². The molecule has 2 atom stereocenters. The lowest BCUT2D eigenvalue weighted by Crippen LogP contribution is -2.38. The van der Waals surface area contributed by atoms with E-state index in [0.29, 0.717) is 50.3 Å². The number of pyridine rings is 1. The SMILES string of the molecule is C/C(=N\NC(=O)C1CCCCC1C(=O)O)c1ccc(OCCCC(=O)NCCSSc2ccccn2)cc1. The van der Waals surface area contributed by atoms with E-state index in [1.807, 2.05) is 42.5 Å². The van der Waals surface area contributed by atoms with Crippen LogP contribution in [0.1, 0.15) is 51.0 Å². The molecule has 2 amide bonds. The van der Waals surface area contributed by atoms with Crippen LogP contribution in [0, 0.1) is 11.8 Å². The van der Waals surface area contributed by atoms with E-state index >= 15 is 0 Å². The Bertz CT molecular complexity index is 1080. The van der Waals surface area contributed by atoms with Gasteiger partial charge in [0.2, 0.25) is 11.8 Å². The molecule has 204 valence electrons. The molecule has 0 saturated heterocycles. The Labute approximate surface area is 231 Å². The van der Waals surface area contributed by atoms with Crippen LogP contribution in [0.3, 0.4) is 0 Å². The first kappa shape index (κ1) is 29.5. The Morgan fingerprint density at radius 1 is 1.11 bits per heavy atom. The lowest BCUT2D eigenvalue weighted by molar-refractivity contribution is -0.148. The first-order valence-electron chi connectivity index (χ1n) is 12.7. The fourth-order valence-electron chi connectivity index (χ4n) is 4.06. The molecule has 9 nitrogen and oxygen atoms in total. The second-order valence-electron chi connectivity index (χ2n) is 8.91. The molecule has 0 bridgehead atoms. The highest BCUT2D eigenvalue weighted by Crippen LogP contribution is 2.30. The molecule has 1 fully saturated rings. The minimum absolute atomic E-state index is 0.00386. The zero-order valence-corrected chi connectivity index (χ0v) is 23.1. The number of amides is 2. The summed E-state index contributed by atoms with van der Waals surface area (Å²) in [5.74, 6) is -0.987. The number of nitrogens with one attached hydrogen (secondary N) is 2. The number of benzene rings is 1. The molecule has 0 spiro atoms. The van der Waals surface area contributed by atoms with Gasteiger partial charge < -0.3 is 15.2 Å². The second kappa shape index (κ2) is 16.0. The maximum Gasteiger partial charge on any atom is 0.307 e. The van der Waals surface area contributed by atoms with Crippen molar-refractivity contribution in [2.45, 2.75) is 50.5 Å². The third kappa shape index (κ3) is 10.0. The standard InChI is InChI=1S/C27H34N4O5S2/c1-19(30-31-26(33)22-7-2-3-8-23(22)27(34)35)20-11-13-21(14-12-20)36-17-6-9-24(32)28-16-18-37-38-25-10-4-5-15-29-25/h4-5,10-15,22-23H,2-3,6-9,16-18H2,1H3,(H,28,32)(H,31,33)(H,34,35)/b30-19+. The van der Waals surface area contributed by atoms with Crippen molar-refractivity contribution in [3.63, 3.8) is 0 Å². The Kier molecular flexibility index (Phi) is 12.4. The highest BCUT2D eigenvalue weighted by atomic mass is 33.1. The van der Waals surface area contributed by atoms with E-state index in [4.69, 9.17) is 4.74 Å². The van der Waals surface area contributed by atoms with Gasteiger partial charge in [-0.25, -0.2) is 10.4 Å². The van der Waals surface area contributed by atoms with E-state index in [1.165, 1.54) is 0 Å². The Balaban J connectivity index is 1.31. The van der Waals surface area contributed by atoms with Gasteiger partial charge in [-0.2, -0.15) is 5.10 Å². The summed E-state index contributed by atoms with van der Waals surface area (Å²) < 4.78 is 5.74. The Hall–Kier alpha value is -3.05. The maximum atomic E-state index is 12.5. The first-order valence-corrected chi connectivity index (χ1v) is 15.0. The predicted octanol–water partition coefficient (Wildman–Crippen LogP) is 4.53. The van der Waals surface area contributed by atoms with Crippen molar-refractivity contribution in [1.82, 2.24) is 15.7 Å². The number of carboxylic acid groups (broad SMARTS) is 1. The van der Waals surface area contributed by atoms with Crippen LogP contribution >= 0.6 is 21.6 Å². The Morgan fingerprint density at radius 2 is 1.87 bits per heavy atom. The number of carbonyl (C=O) groups is 3. The van der Waals surface area contributed by atoms with Crippen molar-refractivity contribution in [1.29, 1.82) is 0 Å². The summed E-state index contributed by atoms with van der Waals surface area (Å²) in [4.78, 5) is 40.2. The number of nitrogens with zero attached hydrogens (tertiary/aromatic N) is 2. The zero-order chi connectivity index (χ0) is 27.2. The van der Waals surface area contributed by atoms with Crippen molar-refractivity contribution in [3.05, 3.63) is 54.2 Å². The summed E-state index contributed by atoms with van der Waals surface area (Å²) in [6.45, 7) is 2.81. The first-order chi connectivity index (χ1) is 18.4. The molecule has 1 heterocycles. The van der Waals surface area contributed by atoms with Crippen LogP contribution in [-0.4, -0.2) is 52.5 Å².